The zero-order valence-electron chi connectivity index (χ0n) is 37.6. The van der Waals surface area contributed by atoms with Crippen molar-refractivity contribution in [2.45, 2.75) is 90.2 Å². The van der Waals surface area contributed by atoms with E-state index >= 15 is 0 Å². The van der Waals surface area contributed by atoms with E-state index in [1.54, 1.807) is 0 Å². The molecule has 4 aromatic rings. The minimum absolute atomic E-state index is 0.0121. The molecule has 7 rings (SSSR count). The first kappa shape index (κ1) is 46.5. The van der Waals surface area contributed by atoms with Crippen LogP contribution in [-0.4, -0.2) is 105 Å². The molecule has 1 fully saturated rings. The van der Waals surface area contributed by atoms with Gasteiger partial charge in [0.15, 0.2) is 5.71 Å². The van der Waals surface area contributed by atoms with E-state index in [9.17, 15) is 33.0 Å². The smallest absolute Gasteiger partial charge is 0.434 e. The summed E-state index contributed by atoms with van der Waals surface area (Å²) in [4.78, 5) is 32.1. The number of allylic oxidation sites excluding steroid dienone is 6. The van der Waals surface area contributed by atoms with E-state index in [0.717, 1.165) is 55.1 Å². The molecule has 1 saturated heterocycles. The summed E-state index contributed by atoms with van der Waals surface area (Å²) in [7, 11) is -4.27. The van der Waals surface area contributed by atoms with Gasteiger partial charge in [0.05, 0.1) is 34.6 Å². The molecule has 3 aliphatic heterocycles. The molecule has 1 aromatic heterocycles. The maximum absolute atomic E-state index is 13.2. The average Bonchev–Trinajstić information content (AvgIpc) is 3.86. The second-order valence-electron chi connectivity index (χ2n) is 18.3. The Labute approximate surface area is 376 Å². The molecule has 0 radical (unpaired) electrons. The van der Waals surface area contributed by atoms with Crippen molar-refractivity contribution in [3.63, 3.8) is 0 Å². The van der Waals surface area contributed by atoms with Gasteiger partial charge in [0.2, 0.25) is 11.6 Å². The summed E-state index contributed by atoms with van der Waals surface area (Å²) in [5, 5.41) is 27.3. The molecule has 1 atom stereocenters. The van der Waals surface area contributed by atoms with Crippen LogP contribution in [0.4, 0.5) is 17.3 Å². The molecule has 1 unspecified atom stereocenters. The number of anilines is 1. The molecule has 3 aromatic carbocycles. The number of unbranched alkanes of at least 4 members (excludes halogenated alkanes) is 1. The predicted octanol–water partition coefficient (Wildman–Crippen LogP) is 6.89. The number of nitro groups is 1. The van der Waals surface area contributed by atoms with Crippen molar-refractivity contribution >= 4 is 49.8 Å². The van der Waals surface area contributed by atoms with Crippen LogP contribution in [0.15, 0.2) is 103 Å². The highest BCUT2D eigenvalue weighted by molar-refractivity contribution is 7.85. The number of fused-ring (bicyclic) bond motifs is 4. The summed E-state index contributed by atoms with van der Waals surface area (Å²) in [6.07, 6.45) is 15.6. The van der Waals surface area contributed by atoms with Gasteiger partial charge < -0.3 is 34.9 Å². The summed E-state index contributed by atoms with van der Waals surface area (Å²) in [6, 6.07) is 19.0. The number of hydrogen-bond donors (Lipinski definition) is 2. The van der Waals surface area contributed by atoms with Gasteiger partial charge in [-0.2, -0.15) is 4.58 Å². The number of rotatable bonds is 18. The Bertz CT molecular complexity index is 2620. The van der Waals surface area contributed by atoms with Crippen LogP contribution in [0.25, 0.3) is 10.8 Å². The van der Waals surface area contributed by atoms with Crippen LogP contribution in [0.5, 0.6) is 0 Å². The first-order chi connectivity index (χ1) is 30.5. The summed E-state index contributed by atoms with van der Waals surface area (Å²) < 4.78 is 37.7. The SMILES string of the molecule is CCN1/C(=C/C=C/C=C/C2=[N+](CCCCS(=O)(=O)[O-])c3ccc4ccccc4c3C2(C)C)C(C)(C)c2cc(CC(=O)NCC3CCN(CC(O)Cn4ccnc4[N+](=O)[O-])CC3)ccc21. The Morgan fingerprint density at radius 3 is 2.53 bits per heavy atom. The molecule has 15 heteroatoms. The third kappa shape index (κ3) is 10.2. The molecular weight excluding hydrogens is 831 g/mol. The van der Waals surface area contributed by atoms with Gasteiger partial charge in [0.1, 0.15) is 18.9 Å². The van der Waals surface area contributed by atoms with Crippen LogP contribution in [0.3, 0.4) is 0 Å². The number of piperidine rings is 1. The lowest BCUT2D eigenvalue weighted by molar-refractivity contribution is -0.438. The number of aliphatic hydroxyl groups excluding tert-OH is 1. The van der Waals surface area contributed by atoms with Crippen molar-refractivity contribution in [2.75, 3.05) is 49.9 Å². The summed E-state index contributed by atoms with van der Waals surface area (Å²) in [5.41, 5.74) is 7.27. The lowest BCUT2D eigenvalue weighted by Crippen LogP contribution is -2.42. The first-order valence-corrected chi connectivity index (χ1v) is 24.0. The summed E-state index contributed by atoms with van der Waals surface area (Å²) >= 11 is 0. The van der Waals surface area contributed by atoms with Crippen LogP contribution >= 0.6 is 0 Å². The largest absolute Gasteiger partial charge is 0.748 e. The van der Waals surface area contributed by atoms with Crippen molar-refractivity contribution in [1.82, 2.24) is 19.8 Å². The van der Waals surface area contributed by atoms with Crippen molar-refractivity contribution in [3.05, 3.63) is 130 Å². The Balaban J connectivity index is 0.964. The van der Waals surface area contributed by atoms with Crippen LogP contribution in [0.2, 0.25) is 0 Å². The zero-order valence-corrected chi connectivity index (χ0v) is 38.4. The van der Waals surface area contributed by atoms with Gasteiger partial charge in [-0.05, 0) is 104 Å². The van der Waals surface area contributed by atoms with Crippen LogP contribution in [0.1, 0.15) is 77.0 Å². The Hall–Kier alpha value is -5.48. The van der Waals surface area contributed by atoms with Gasteiger partial charge >= 0.3 is 5.95 Å². The maximum atomic E-state index is 13.2. The molecule has 3 aliphatic rings. The van der Waals surface area contributed by atoms with Gasteiger partial charge in [-0.15, -0.1) is 0 Å². The van der Waals surface area contributed by atoms with Crippen molar-refractivity contribution in [1.29, 1.82) is 0 Å². The number of benzene rings is 3. The highest BCUT2D eigenvalue weighted by Gasteiger charge is 2.45. The standard InChI is InChI=1S/C49H61N7O7S/c1-6-54-41-20-18-36(31-45(58)51-32-35-22-26-52(27-23-35)33-38(57)34-53-28-24-50-47(53)56(59)60)30-40(41)48(2,3)43(54)16-8-7-9-17-44-49(4,5)46-39-15-11-10-14-37(39)19-21-42(46)55(44)25-12-13-29-64(61,62)63/h7-11,14-21,24,28,30,35,38,57H,6,12-13,22-23,25-27,29,31-34H2,1-5H3,(H-,51,58,61,62,63). The number of hydrogen-bond acceptors (Lipinski definition) is 10. The number of aromatic nitrogens is 2. The topological polar surface area (TPSA) is 177 Å². The van der Waals surface area contributed by atoms with Crippen LogP contribution in [0, 0.1) is 16.0 Å². The third-order valence-corrected chi connectivity index (χ3v) is 14.0. The van der Waals surface area contributed by atoms with Gasteiger partial charge in [0, 0.05) is 66.3 Å². The Kier molecular flexibility index (Phi) is 14.0. The number of nitrogens with one attached hydrogen (secondary N) is 1. The van der Waals surface area contributed by atoms with Crippen molar-refractivity contribution in [3.8, 4) is 0 Å². The molecule has 1 amide bonds. The van der Waals surface area contributed by atoms with E-state index < -0.39 is 21.1 Å². The number of nitrogens with zero attached hydrogens (tertiary/aromatic N) is 6. The lowest BCUT2D eigenvalue weighted by Gasteiger charge is -2.33. The van der Waals surface area contributed by atoms with Crippen LogP contribution in [-0.2, 0) is 38.7 Å². The predicted molar refractivity (Wildman–Crippen MR) is 250 cm³/mol. The third-order valence-electron chi connectivity index (χ3n) is 13.2. The van der Waals surface area contributed by atoms with Gasteiger partial charge in [-0.3, -0.25) is 4.79 Å². The minimum atomic E-state index is -4.27. The van der Waals surface area contributed by atoms with E-state index in [4.69, 9.17) is 0 Å². The quantitative estimate of drug-likeness (QED) is 0.0267. The number of carbonyl (C=O) groups excluding carboxylic acids is 1. The number of carbonyl (C=O) groups is 1. The summed E-state index contributed by atoms with van der Waals surface area (Å²) in [5.74, 6) is -0.320. The zero-order chi connectivity index (χ0) is 45.8. The maximum Gasteiger partial charge on any atom is 0.434 e. The normalized spacial score (nSPS) is 18.7. The highest BCUT2D eigenvalue weighted by Crippen LogP contribution is 2.48. The molecule has 2 N–H and O–H groups in total. The molecule has 0 bridgehead atoms. The molecule has 14 nitrogen and oxygen atoms in total. The molecule has 0 spiro atoms. The van der Waals surface area contributed by atoms with E-state index in [1.807, 2.05) is 18.2 Å². The fourth-order valence-electron chi connectivity index (χ4n) is 9.93. The Morgan fingerprint density at radius 2 is 1.80 bits per heavy atom. The van der Waals surface area contributed by atoms with E-state index in [-0.39, 0.29) is 41.4 Å². The highest BCUT2D eigenvalue weighted by atomic mass is 32.2. The van der Waals surface area contributed by atoms with E-state index in [1.165, 1.54) is 44.6 Å². The molecule has 0 saturated carbocycles. The minimum Gasteiger partial charge on any atom is -0.748 e. The number of likely N-dealkylation sites (tertiary alicyclic amines) is 1. The number of β-amino-alcohol motifs (C(OH)–C–C–N with tert-alkyl or cyclic N) is 1. The molecular formula is C49H61N7O7S. The van der Waals surface area contributed by atoms with Crippen molar-refractivity contribution < 1.29 is 32.4 Å². The second-order valence-corrected chi connectivity index (χ2v) is 19.9. The molecule has 4 heterocycles. The van der Waals surface area contributed by atoms with Crippen molar-refractivity contribution in [2.24, 2.45) is 5.92 Å². The fraction of sp³-hybridized carbons (Fsp3) is 0.449. The summed E-state index contributed by atoms with van der Waals surface area (Å²) in [6.45, 7) is 15.1. The number of amides is 1. The molecule has 64 heavy (non-hydrogen) atoms. The van der Waals surface area contributed by atoms with Gasteiger partial charge in [0.25, 0.3) is 0 Å². The second kappa shape index (κ2) is 19.3. The van der Waals surface area contributed by atoms with E-state index in [2.05, 4.69) is 126 Å². The number of imidazole rings is 1. The van der Waals surface area contributed by atoms with E-state index in [0.29, 0.717) is 38.4 Å². The van der Waals surface area contributed by atoms with Crippen LogP contribution < -0.4 is 10.2 Å². The fourth-order valence-corrected chi connectivity index (χ4v) is 10.5. The number of likely N-dealkylation sites (N-methyl/N-ethyl adjacent to an activating group) is 1. The first-order valence-electron chi connectivity index (χ1n) is 22.4. The van der Waals surface area contributed by atoms with Gasteiger partial charge in [-0.1, -0.05) is 73.5 Å². The van der Waals surface area contributed by atoms with Gasteiger partial charge in [-0.25, -0.2) is 13.0 Å². The monoisotopic (exact) mass is 891 g/mol. The molecule has 0 aliphatic carbocycles. The number of aliphatic hydroxyl groups is 1. The lowest BCUT2D eigenvalue weighted by atomic mass is 9.79. The molecule has 340 valence electrons. The average molecular weight is 892 g/mol. The Morgan fingerprint density at radius 1 is 1.03 bits per heavy atom.